The van der Waals surface area contributed by atoms with Crippen molar-refractivity contribution in [2.24, 2.45) is 0 Å². The monoisotopic (exact) mass is 373 g/mol. The van der Waals surface area contributed by atoms with Crippen molar-refractivity contribution in [2.45, 2.75) is 19.5 Å². The van der Waals surface area contributed by atoms with Crippen molar-refractivity contribution in [1.82, 2.24) is 19.6 Å². The number of aliphatic carboxylic acids is 1. The minimum Gasteiger partial charge on any atom is -0.480 e. The molecule has 0 fully saturated rings. The molecular formula is C17H16ClN5O3. The van der Waals surface area contributed by atoms with E-state index in [9.17, 15) is 9.59 Å². The first-order valence-electron chi connectivity index (χ1n) is 7.78. The lowest BCUT2D eigenvalue weighted by Crippen LogP contribution is -2.18. The van der Waals surface area contributed by atoms with Gasteiger partial charge < -0.3 is 10.4 Å². The Labute approximate surface area is 154 Å². The summed E-state index contributed by atoms with van der Waals surface area (Å²) in [7, 11) is 0. The number of carbonyl (C=O) groups excluding carboxylic acids is 1. The molecule has 2 N–H and O–H groups in total. The molecule has 1 atom stereocenters. The summed E-state index contributed by atoms with van der Waals surface area (Å²) in [6.45, 7) is 2.00. The number of halogens is 1. The Hall–Kier alpha value is -3.13. The number of hydrogen-bond acceptors (Lipinski definition) is 4. The van der Waals surface area contributed by atoms with E-state index in [0.717, 1.165) is 5.56 Å². The van der Waals surface area contributed by atoms with Crippen molar-refractivity contribution in [1.29, 1.82) is 0 Å². The largest absolute Gasteiger partial charge is 0.480 e. The smallest absolute Gasteiger partial charge is 0.328 e. The van der Waals surface area contributed by atoms with Crippen LogP contribution in [0.1, 0.15) is 29.0 Å². The molecular weight excluding hydrogens is 358 g/mol. The van der Waals surface area contributed by atoms with Gasteiger partial charge in [0.25, 0.3) is 5.91 Å². The van der Waals surface area contributed by atoms with Crippen molar-refractivity contribution in [3.05, 3.63) is 65.2 Å². The first-order valence-corrected chi connectivity index (χ1v) is 8.16. The highest BCUT2D eigenvalue weighted by Crippen LogP contribution is 2.14. The van der Waals surface area contributed by atoms with Crippen LogP contribution in [-0.2, 0) is 11.3 Å². The van der Waals surface area contributed by atoms with Gasteiger partial charge in [0.15, 0.2) is 5.69 Å². The molecule has 0 aliphatic rings. The van der Waals surface area contributed by atoms with Crippen LogP contribution < -0.4 is 5.32 Å². The second-order valence-corrected chi connectivity index (χ2v) is 6.14. The van der Waals surface area contributed by atoms with Gasteiger partial charge in [0.2, 0.25) is 0 Å². The van der Waals surface area contributed by atoms with Gasteiger partial charge in [0.05, 0.1) is 18.4 Å². The molecule has 1 aromatic carbocycles. The normalized spacial score (nSPS) is 11.9. The lowest BCUT2D eigenvalue weighted by Gasteiger charge is -2.05. The fourth-order valence-electron chi connectivity index (χ4n) is 2.32. The number of carboxylic acid groups (broad SMARTS) is 1. The van der Waals surface area contributed by atoms with Crippen LogP contribution in [0.2, 0.25) is 5.02 Å². The Kier molecular flexibility index (Phi) is 5.04. The van der Waals surface area contributed by atoms with Gasteiger partial charge in [0.1, 0.15) is 6.04 Å². The maximum Gasteiger partial charge on any atom is 0.328 e. The maximum absolute atomic E-state index is 12.2. The lowest BCUT2D eigenvalue weighted by molar-refractivity contribution is -0.140. The molecule has 134 valence electrons. The minimum absolute atomic E-state index is 0.126. The van der Waals surface area contributed by atoms with Crippen LogP contribution in [0.15, 0.2) is 48.9 Å². The molecule has 8 nitrogen and oxygen atoms in total. The minimum atomic E-state index is -1.03. The van der Waals surface area contributed by atoms with Gasteiger partial charge in [-0.2, -0.15) is 10.2 Å². The highest BCUT2D eigenvalue weighted by molar-refractivity contribution is 6.30. The molecule has 3 rings (SSSR count). The van der Waals surface area contributed by atoms with E-state index >= 15 is 0 Å². The van der Waals surface area contributed by atoms with E-state index in [2.05, 4.69) is 15.5 Å². The zero-order valence-electron chi connectivity index (χ0n) is 13.8. The van der Waals surface area contributed by atoms with Crippen LogP contribution >= 0.6 is 11.6 Å². The summed E-state index contributed by atoms with van der Waals surface area (Å²) < 4.78 is 2.90. The van der Waals surface area contributed by atoms with Crippen molar-refractivity contribution >= 4 is 29.2 Å². The van der Waals surface area contributed by atoms with E-state index in [1.807, 2.05) is 18.2 Å². The summed E-state index contributed by atoms with van der Waals surface area (Å²) in [4.78, 5) is 23.2. The van der Waals surface area contributed by atoms with Gasteiger partial charge in [0, 0.05) is 17.4 Å². The van der Waals surface area contributed by atoms with Gasteiger partial charge in [-0.05, 0) is 30.7 Å². The Balaban J connectivity index is 1.65. The van der Waals surface area contributed by atoms with Crippen LogP contribution in [0.25, 0.3) is 0 Å². The highest BCUT2D eigenvalue weighted by atomic mass is 35.5. The molecule has 2 aromatic heterocycles. The van der Waals surface area contributed by atoms with E-state index in [4.69, 9.17) is 16.7 Å². The number of rotatable bonds is 6. The molecule has 0 saturated heterocycles. The van der Waals surface area contributed by atoms with Crippen molar-refractivity contribution in [2.75, 3.05) is 5.32 Å². The molecule has 26 heavy (non-hydrogen) atoms. The fraction of sp³-hybridized carbons (Fsp3) is 0.176. The van der Waals surface area contributed by atoms with E-state index < -0.39 is 17.9 Å². The second kappa shape index (κ2) is 7.40. The first kappa shape index (κ1) is 17.7. The Morgan fingerprint density at radius 2 is 2.15 bits per heavy atom. The molecule has 0 aliphatic heterocycles. The van der Waals surface area contributed by atoms with Crippen molar-refractivity contribution in [3.8, 4) is 0 Å². The molecule has 0 saturated carbocycles. The molecule has 9 heteroatoms. The predicted molar refractivity (Wildman–Crippen MR) is 95.3 cm³/mol. The van der Waals surface area contributed by atoms with Crippen LogP contribution in [0.5, 0.6) is 0 Å². The zero-order chi connectivity index (χ0) is 18.7. The summed E-state index contributed by atoms with van der Waals surface area (Å²) in [5.74, 6) is -1.47. The van der Waals surface area contributed by atoms with Crippen LogP contribution in [-0.4, -0.2) is 36.5 Å². The number of hydrogen-bond donors (Lipinski definition) is 2. The second-order valence-electron chi connectivity index (χ2n) is 5.71. The summed E-state index contributed by atoms with van der Waals surface area (Å²) in [6.07, 6.45) is 4.67. The summed E-state index contributed by atoms with van der Waals surface area (Å²) in [5.41, 5.74) is 1.62. The summed E-state index contributed by atoms with van der Waals surface area (Å²) in [6, 6.07) is 8.05. The molecule has 2 heterocycles. The standard InChI is InChI=1S/C17H16ClN5O3/c1-11(17(25)26)23-6-5-15(21-23)16(24)20-14-8-19-22(10-14)9-12-3-2-4-13(18)7-12/h2-8,10-11H,9H2,1H3,(H,20,24)(H,25,26). The summed E-state index contributed by atoms with van der Waals surface area (Å²) >= 11 is 5.96. The molecule has 0 bridgehead atoms. The topological polar surface area (TPSA) is 102 Å². The first-order chi connectivity index (χ1) is 12.4. The quantitative estimate of drug-likeness (QED) is 0.691. The fourth-order valence-corrected chi connectivity index (χ4v) is 2.53. The number of nitrogens with one attached hydrogen (secondary N) is 1. The molecule has 0 aliphatic carbocycles. The van der Waals surface area contributed by atoms with Gasteiger partial charge in [-0.3, -0.25) is 14.2 Å². The van der Waals surface area contributed by atoms with Gasteiger partial charge >= 0.3 is 5.97 Å². The van der Waals surface area contributed by atoms with Gasteiger partial charge in [-0.1, -0.05) is 23.7 Å². The molecule has 3 aromatic rings. The third kappa shape index (κ3) is 4.09. The van der Waals surface area contributed by atoms with Crippen LogP contribution in [0, 0.1) is 0 Å². The number of benzene rings is 1. The average Bonchev–Trinajstić information content (AvgIpc) is 3.24. The zero-order valence-corrected chi connectivity index (χ0v) is 14.6. The molecule has 0 radical (unpaired) electrons. The number of carbonyl (C=O) groups is 2. The lowest BCUT2D eigenvalue weighted by atomic mass is 10.2. The maximum atomic E-state index is 12.2. The molecule has 1 amide bonds. The predicted octanol–water partition coefficient (Wildman–Crippen LogP) is 2.68. The van der Waals surface area contributed by atoms with E-state index in [1.54, 1.807) is 16.9 Å². The van der Waals surface area contributed by atoms with Crippen molar-refractivity contribution in [3.63, 3.8) is 0 Å². The Morgan fingerprint density at radius 3 is 2.88 bits per heavy atom. The SMILES string of the molecule is CC(C(=O)O)n1ccc(C(=O)Nc2cnn(Cc3cccc(Cl)c3)c2)n1. The number of aromatic nitrogens is 4. The summed E-state index contributed by atoms with van der Waals surface area (Å²) in [5, 5.41) is 20.5. The average molecular weight is 374 g/mol. The van der Waals surface area contributed by atoms with Gasteiger partial charge in [-0.15, -0.1) is 0 Å². The Bertz CT molecular complexity index is 949. The number of amides is 1. The number of nitrogens with zero attached hydrogens (tertiary/aromatic N) is 4. The van der Waals surface area contributed by atoms with E-state index in [-0.39, 0.29) is 5.69 Å². The third-order valence-electron chi connectivity index (χ3n) is 3.72. The Morgan fingerprint density at radius 1 is 1.35 bits per heavy atom. The van der Waals surface area contributed by atoms with Crippen LogP contribution in [0.4, 0.5) is 5.69 Å². The van der Waals surface area contributed by atoms with Gasteiger partial charge in [-0.25, -0.2) is 4.79 Å². The molecule has 0 spiro atoms. The van der Waals surface area contributed by atoms with E-state index in [0.29, 0.717) is 17.3 Å². The van der Waals surface area contributed by atoms with Crippen LogP contribution in [0.3, 0.4) is 0 Å². The number of anilines is 1. The van der Waals surface area contributed by atoms with Crippen molar-refractivity contribution < 1.29 is 14.7 Å². The van der Waals surface area contributed by atoms with E-state index in [1.165, 1.54) is 30.1 Å². The third-order valence-corrected chi connectivity index (χ3v) is 3.95. The highest BCUT2D eigenvalue weighted by Gasteiger charge is 2.17. The molecule has 1 unspecified atom stereocenters. The number of carboxylic acids is 1.